The number of amides is 1. The molecule has 1 aromatic carbocycles. The Morgan fingerprint density at radius 1 is 1.19 bits per heavy atom. The van der Waals surface area contributed by atoms with Crippen molar-refractivity contribution in [2.45, 2.75) is 46.5 Å². The van der Waals surface area contributed by atoms with Crippen LogP contribution in [0.3, 0.4) is 0 Å². The first-order valence-corrected chi connectivity index (χ1v) is 12.3. The molecule has 1 saturated heterocycles. The van der Waals surface area contributed by atoms with Crippen LogP contribution < -0.4 is 0 Å². The van der Waals surface area contributed by atoms with E-state index < -0.39 is 0 Å². The highest BCUT2D eigenvalue weighted by Gasteiger charge is 2.33. The van der Waals surface area contributed by atoms with Gasteiger partial charge in [-0.25, -0.2) is 4.79 Å². The van der Waals surface area contributed by atoms with Crippen molar-refractivity contribution in [2.75, 3.05) is 13.2 Å². The summed E-state index contributed by atoms with van der Waals surface area (Å²) in [6.45, 7) is 7.14. The fourth-order valence-electron chi connectivity index (χ4n) is 3.53. The molecule has 0 bridgehead atoms. The summed E-state index contributed by atoms with van der Waals surface area (Å²) in [6, 6.07) is 10.7. The molecule has 0 N–H and O–H groups in total. The Morgan fingerprint density at radius 2 is 1.94 bits per heavy atom. The third-order valence-corrected chi connectivity index (χ3v) is 6.82. The monoisotopic (exact) mass is 471 g/mol. The van der Waals surface area contributed by atoms with Crippen LogP contribution >= 0.6 is 24.0 Å². The van der Waals surface area contributed by atoms with E-state index in [1.54, 1.807) is 30.0 Å². The first kappa shape index (κ1) is 24.3. The number of esters is 1. The van der Waals surface area contributed by atoms with Crippen molar-refractivity contribution in [3.05, 3.63) is 52.6 Å². The molecule has 0 aliphatic carbocycles. The Hall–Kier alpha value is -2.38. The lowest BCUT2D eigenvalue weighted by Crippen LogP contribution is -2.33. The van der Waals surface area contributed by atoms with Gasteiger partial charge in [-0.05, 0) is 43.5 Å². The number of rotatable bonds is 10. The van der Waals surface area contributed by atoms with Gasteiger partial charge in [-0.2, -0.15) is 0 Å². The molecule has 1 atom stereocenters. The van der Waals surface area contributed by atoms with Gasteiger partial charge in [-0.15, -0.1) is 0 Å². The minimum absolute atomic E-state index is 0.0494. The minimum atomic E-state index is -0.346. The van der Waals surface area contributed by atoms with Crippen LogP contribution in [0.15, 0.2) is 45.7 Å². The first-order chi connectivity index (χ1) is 15.5. The molecule has 1 aromatic heterocycles. The van der Waals surface area contributed by atoms with Gasteiger partial charge in [0.15, 0.2) is 0 Å². The summed E-state index contributed by atoms with van der Waals surface area (Å²) in [4.78, 5) is 27.1. The Bertz CT molecular complexity index is 994. The number of carbonyl (C=O) groups is 2. The van der Waals surface area contributed by atoms with Crippen molar-refractivity contribution >= 4 is 46.3 Å². The SMILES string of the molecule is CCCCC(CC)CN1C(=O)C(=Cc2ccc(-c3ccc(C(=O)OCC)cc3)o2)SC1=S. The number of ether oxygens (including phenoxy) is 1. The highest BCUT2D eigenvalue weighted by Crippen LogP contribution is 2.35. The number of thiocarbonyl (C=S) groups is 1. The van der Waals surface area contributed by atoms with Gasteiger partial charge >= 0.3 is 5.97 Å². The van der Waals surface area contributed by atoms with Crippen LogP contribution in [0.25, 0.3) is 17.4 Å². The second-order valence-corrected chi connectivity index (χ2v) is 9.38. The summed E-state index contributed by atoms with van der Waals surface area (Å²) in [5.74, 6) is 1.32. The molecule has 0 saturated carbocycles. The molecule has 2 heterocycles. The van der Waals surface area contributed by atoms with Crippen LogP contribution in [-0.2, 0) is 9.53 Å². The van der Waals surface area contributed by atoms with E-state index in [-0.39, 0.29) is 11.9 Å². The third-order valence-electron chi connectivity index (χ3n) is 5.44. The van der Waals surface area contributed by atoms with Gasteiger partial charge in [0, 0.05) is 18.2 Å². The lowest BCUT2D eigenvalue weighted by Gasteiger charge is -2.21. The van der Waals surface area contributed by atoms with E-state index in [0.717, 1.165) is 24.8 Å². The molecule has 1 aliphatic heterocycles. The fourth-order valence-corrected chi connectivity index (χ4v) is 4.79. The topological polar surface area (TPSA) is 59.8 Å². The summed E-state index contributed by atoms with van der Waals surface area (Å²) in [6.07, 6.45) is 6.22. The van der Waals surface area contributed by atoms with Crippen molar-refractivity contribution < 1.29 is 18.7 Å². The highest BCUT2D eigenvalue weighted by molar-refractivity contribution is 8.26. The van der Waals surface area contributed by atoms with Gasteiger partial charge in [-0.3, -0.25) is 9.69 Å². The minimum Gasteiger partial charge on any atom is -0.462 e. The molecular formula is C25H29NO4S2. The zero-order chi connectivity index (χ0) is 23.1. The Balaban J connectivity index is 1.70. The van der Waals surface area contributed by atoms with E-state index in [2.05, 4.69) is 13.8 Å². The molecule has 5 nitrogen and oxygen atoms in total. The van der Waals surface area contributed by atoms with E-state index in [0.29, 0.717) is 45.4 Å². The van der Waals surface area contributed by atoms with E-state index in [4.69, 9.17) is 21.4 Å². The average Bonchev–Trinajstić information content (AvgIpc) is 3.36. The predicted octanol–water partition coefficient (Wildman–Crippen LogP) is 6.54. The molecule has 170 valence electrons. The zero-order valence-electron chi connectivity index (χ0n) is 18.8. The van der Waals surface area contributed by atoms with E-state index in [9.17, 15) is 9.59 Å². The van der Waals surface area contributed by atoms with Gasteiger partial charge in [0.1, 0.15) is 15.8 Å². The van der Waals surface area contributed by atoms with Crippen LogP contribution in [0.1, 0.15) is 62.6 Å². The number of hydrogen-bond acceptors (Lipinski definition) is 6. The van der Waals surface area contributed by atoms with Gasteiger partial charge < -0.3 is 9.15 Å². The molecule has 32 heavy (non-hydrogen) atoms. The lowest BCUT2D eigenvalue weighted by atomic mass is 9.99. The van der Waals surface area contributed by atoms with E-state index in [1.165, 1.54) is 18.2 Å². The van der Waals surface area contributed by atoms with Gasteiger partial charge in [-0.1, -0.05) is 69.2 Å². The highest BCUT2D eigenvalue weighted by atomic mass is 32.2. The number of benzene rings is 1. The quantitative estimate of drug-likeness (QED) is 0.223. The number of unbranched alkanes of at least 4 members (excludes halogenated alkanes) is 1. The van der Waals surface area contributed by atoms with Crippen LogP contribution in [0.4, 0.5) is 0 Å². The molecule has 1 unspecified atom stereocenters. The van der Waals surface area contributed by atoms with Crippen LogP contribution in [0, 0.1) is 5.92 Å². The van der Waals surface area contributed by atoms with Crippen molar-refractivity contribution in [1.82, 2.24) is 4.90 Å². The van der Waals surface area contributed by atoms with Crippen LogP contribution in [0.2, 0.25) is 0 Å². The Morgan fingerprint density at radius 3 is 2.59 bits per heavy atom. The average molecular weight is 472 g/mol. The summed E-state index contributed by atoms with van der Waals surface area (Å²) < 4.78 is 11.6. The summed E-state index contributed by atoms with van der Waals surface area (Å²) in [5, 5.41) is 0. The Kier molecular flexibility index (Phi) is 8.70. The smallest absolute Gasteiger partial charge is 0.338 e. The Labute approximate surface area is 199 Å². The molecule has 1 amide bonds. The van der Waals surface area contributed by atoms with E-state index in [1.807, 2.05) is 24.3 Å². The molecule has 3 rings (SSSR count). The summed E-state index contributed by atoms with van der Waals surface area (Å²) >= 11 is 6.81. The standard InChI is InChI=1S/C25H29NO4S2/c1-4-7-8-17(5-2)16-26-23(27)22(32-25(26)31)15-20-13-14-21(30-20)18-9-11-19(12-10-18)24(28)29-6-3/h9-15,17H,4-8,16H2,1-3H3. The van der Waals surface area contributed by atoms with Crippen molar-refractivity contribution in [3.8, 4) is 11.3 Å². The number of nitrogens with zero attached hydrogens (tertiary/aromatic N) is 1. The van der Waals surface area contributed by atoms with E-state index >= 15 is 0 Å². The predicted molar refractivity (Wildman–Crippen MR) is 133 cm³/mol. The second-order valence-electron chi connectivity index (χ2n) is 7.71. The maximum absolute atomic E-state index is 12.9. The molecule has 0 radical (unpaired) electrons. The molecule has 7 heteroatoms. The largest absolute Gasteiger partial charge is 0.462 e. The molecule has 1 fully saturated rings. The van der Waals surface area contributed by atoms with Gasteiger partial charge in [0.05, 0.1) is 17.1 Å². The number of furan rings is 1. The van der Waals surface area contributed by atoms with Gasteiger partial charge in [0.25, 0.3) is 5.91 Å². The number of hydrogen-bond donors (Lipinski definition) is 0. The normalized spacial score (nSPS) is 16.1. The van der Waals surface area contributed by atoms with Crippen molar-refractivity contribution in [1.29, 1.82) is 0 Å². The number of carbonyl (C=O) groups excluding carboxylic acids is 2. The van der Waals surface area contributed by atoms with Crippen LogP contribution in [-0.4, -0.2) is 34.2 Å². The molecular weight excluding hydrogens is 442 g/mol. The van der Waals surface area contributed by atoms with Crippen molar-refractivity contribution in [3.63, 3.8) is 0 Å². The molecule has 0 spiro atoms. The lowest BCUT2D eigenvalue weighted by molar-refractivity contribution is -0.122. The second kappa shape index (κ2) is 11.5. The number of thioether (sulfide) groups is 1. The maximum Gasteiger partial charge on any atom is 0.338 e. The summed E-state index contributed by atoms with van der Waals surface area (Å²) in [7, 11) is 0. The maximum atomic E-state index is 12.9. The fraction of sp³-hybridized carbons (Fsp3) is 0.400. The molecule has 2 aromatic rings. The molecule has 1 aliphatic rings. The van der Waals surface area contributed by atoms with Gasteiger partial charge in [0.2, 0.25) is 0 Å². The first-order valence-electron chi connectivity index (χ1n) is 11.1. The zero-order valence-corrected chi connectivity index (χ0v) is 20.4. The van der Waals surface area contributed by atoms with Crippen LogP contribution in [0.5, 0.6) is 0 Å². The van der Waals surface area contributed by atoms with Crippen molar-refractivity contribution in [2.24, 2.45) is 5.92 Å². The summed E-state index contributed by atoms with van der Waals surface area (Å²) in [5.41, 5.74) is 1.34. The third kappa shape index (κ3) is 5.90.